The Morgan fingerprint density at radius 3 is 2.43 bits per heavy atom. The van der Waals surface area contributed by atoms with Gasteiger partial charge in [-0.25, -0.2) is 4.79 Å². The summed E-state index contributed by atoms with van der Waals surface area (Å²) in [6, 6.07) is 0. The number of carbonyl (C=O) groups is 2. The molecule has 0 atom stereocenters. The van der Waals surface area contributed by atoms with Crippen molar-refractivity contribution in [2.24, 2.45) is 0 Å². The van der Waals surface area contributed by atoms with Crippen LogP contribution in [0.3, 0.4) is 0 Å². The second-order valence-electron chi connectivity index (χ2n) is 2.85. The lowest BCUT2D eigenvalue weighted by Gasteiger charge is -2.06. The summed E-state index contributed by atoms with van der Waals surface area (Å²) in [6.07, 6.45) is 2.86. The Bertz CT molecular complexity index is 234. The number of carbonyl (C=O) groups excluding carboxylic acids is 2. The minimum absolute atomic E-state index is 0.172. The van der Waals surface area contributed by atoms with Crippen molar-refractivity contribution in [3.05, 3.63) is 11.8 Å². The Kier molecular flexibility index (Phi) is 6.45. The third kappa shape index (κ3) is 6.22. The van der Waals surface area contributed by atoms with Gasteiger partial charge in [0.25, 0.3) is 0 Å². The summed E-state index contributed by atoms with van der Waals surface area (Å²) in [4.78, 5) is 21.8. The summed E-state index contributed by atoms with van der Waals surface area (Å²) in [5, 5.41) is 2.59. The molecule has 0 aromatic carbocycles. The molecule has 0 aliphatic rings. The van der Waals surface area contributed by atoms with Crippen molar-refractivity contribution in [3.8, 4) is 0 Å². The first-order valence-corrected chi connectivity index (χ1v) is 4.75. The van der Waals surface area contributed by atoms with Crippen LogP contribution in [0, 0.1) is 0 Å². The number of ether oxygens (including phenoxy) is 1. The molecule has 0 aromatic rings. The smallest absolute Gasteiger partial charge is 0.332 e. The van der Waals surface area contributed by atoms with Crippen LogP contribution in [0.1, 0.15) is 33.6 Å². The number of rotatable bonds is 5. The van der Waals surface area contributed by atoms with Crippen LogP contribution in [0.4, 0.5) is 0 Å². The summed E-state index contributed by atoms with van der Waals surface area (Å²) in [6.45, 7) is 5.47. The molecular formula is C10H17NO3. The van der Waals surface area contributed by atoms with Gasteiger partial charge in [-0.3, -0.25) is 4.79 Å². The summed E-state index contributed by atoms with van der Waals surface area (Å²) in [5.74, 6) is -0.585. The van der Waals surface area contributed by atoms with E-state index in [0.29, 0.717) is 18.7 Å². The average molecular weight is 199 g/mol. The van der Waals surface area contributed by atoms with Gasteiger partial charge in [0.1, 0.15) is 0 Å². The predicted molar refractivity (Wildman–Crippen MR) is 53.4 cm³/mol. The molecule has 4 heteroatoms. The Balaban J connectivity index is 4.30. The molecule has 0 aliphatic carbocycles. The van der Waals surface area contributed by atoms with Crippen LogP contribution in [-0.4, -0.2) is 18.5 Å². The molecule has 0 saturated carbocycles. The van der Waals surface area contributed by atoms with Crippen LogP contribution in [0.5, 0.6) is 0 Å². The zero-order chi connectivity index (χ0) is 11.0. The molecule has 1 amide bonds. The van der Waals surface area contributed by atoms with E-state index in [-0.39, 0.29) is 5.91 Å². The highest BCUT2D eigenvalue weighted by atomic mass is 16.5. The first-order chi connectivity index (χ1) is 6.60. The van der Waals surface area contributed by atoms with Crippen LogP contribution < -0.4 is 5.32 Å². The van der Waals surface area contributed by atoms with Crippen LogP contribution in [0.15, 0.2) is 11.8 Å². The third-order valence-electron chi connectivity index (χ3n) is 1.43. The standard InChI is InChI=1S/C10H17NO3/c1-4-6-9(11-8(3)12)7-10(13)14-5-2/h7H,4-6H2,1-3H3,(H,11,12)/b9-7+. The SMILES string of the molecule is CCC/C(=C\C(=O)OCC)NC(C)=O. The number of esters is 1. The first kappa shape index (κ1) is 12.7. The molecule has 0 unspecified atom stereocenters. The lowest BCUT2D eigenvalue weighted by molar-refractivity contribution is -0.137. The van der Waals surface area contributed by atoms with E-state index in [1.165, 1.54) is 13.0 Å². The van der Waals surface area contributed by atoms with Crippen molar-refractivity contribution >= 4 is 11.9 Å². The number of hydrogen-bond donors (Lipinski definition) is 1. The molecular weight excluding hydrogens is 182 g/mol. The van der Waals surface area contributed by atoms with Gasteiger partial charge in [0.05, 0.1) is 6.61 Å². The molecule has 0 saturated heterocycles. The molecule has 0 rings (SSSR count). The van der Waals surface area contributed by atoms with Gasteiger partial charge in [0, 0.05) is 18.7 Å². The number of allylic oxidation sites excluding steroid dienone is 1. The lowest BCUT2D eigenvalue weighted by atomic mass is 10.2. The molecule has 0 heterocycles. The van der Waals surface area contributed by atoms with Gasteiger partial charge in [-0.05, 0) is 13.3 Å². The predicted octanol–water partition coefficient (Wildman–Crippen LogP) is 1.37. The van der Waals surface area contributed by atoms with Crippen molar-refractivity contribution in [3.63, 3.8) is 0 Å². The molecule has 0 spiro atoms. The zero-order valence-electron chi connectivity index (χ0n) is 8.92. The van der Waals surface area contributed by atoms with Gasteiger partial charge < -0.3 is 10.1 Å². The van der Waals surface area contributed by atoms with E-state index in [0.717, 1.165) is 6.42 Å². The highest BCUT2D eigenvalue weighted by molar-refractivity contribution is 5.84. The topological polar surface area (TPSA) is 55.4 Å². The minimum Gasteiger partial charge on any atom is -0.463 e. The third-order valence-corrected chi connectivity index (χ3v) is 1.43. The summed E-state index contributed by atoms with van der Waals surface area (Å²) in [7, 11) is 0. The molecule has 80 valence electrons. The Morgan fingerprint density at radius 1 is 1.36 bits per heavy atom. The van der Waals surface area contributed by atoms with Crippen LogP contribution >= 0.6 is 0 Å². The Labute approximate surface area is 84.3 Å². The summed E-state index contributed by atoms with van der Waals surface area (Å²) < 4.78 is 4.73. The van der Waals surface area contributed by atoms with Crippen LogP contribution in [0.25, 0.3) is 0 Å². The van der Waals surface area contributed by atoms with Gasteiger partial charge in [-0.1, -0.05) is 13.3 Å². The quantitative estimate of drug-likeness (QED) is 0.537. The summed E-state index contributed by atoms with van der Waals surface area (Å²) >= 11 is 0. The molecule has 0 bridgehead atoms. The Hall–Kier alpha value is -1.32. The maximum Gasteiger partial charge on any atom is 0.332 e. The van der Waals surface area contributed by atoms with E-state index in [4.69, 9.17) is 4.74 Å². The summed E-state index contributed by atoms with van der Waals surface area (Å²) in [5.41, 5.74) is 0.610. The van der Waals surface area contributed by atoms with Crippen molar-refractivity contribution < 1.29 is 14.3 Å². The van der Waals surface area contributed by atoms with Gasteiger partial charge in [0.2, 0.25) is 5.91 Å². The second kappa shape index (κ2) is 7.12. The molecule has 0 aliphatic heterocycles. The number of nitrogens with one attached hydrogen (secondary N) is 1. The highest BCUT2D eigenvalue weighted by Crippen LogP contribution is 2.01. The fourth-order valence-corrected chi connectivity index (χ4v) is 0.992. The molecule has 4 nitrogen and oxygen atoms in total. The largest absolute Gasteiger partial charge is 0.463 e. The Morgan fingerprint density at radius 2 is 2.00 bits per heavy atom. The average Bonchev–Trinajstić information content (AvgIpc) is 2.03. The van der Waals surface area contributed by atoms with Gasteiger partial charge in [-0.15, -0.1) is 0 Å². The van der Waals surface area contributed by atoms with E-state index in [9.17, 15) is 9.59 Å². The second-order valence-corrected chi connectivity index (χ2v) is 2.85. The van der Waals surface area contributed by atoms with Crippen molar-refractivity contribution in [2.45, 2.75) is 33.6 Å². The highest BCUT2D eigenvalue weighted by Gasteiger charge is 2.03. The normalized spacial score (nSPS) is 10.9. The number of amides is 1. The zero-order valence-corrected chi connectivity index (χ0v) is 8.92. The van der Waals surface area contributed by atoms with Crippen LogP contribution in [-0.2, 0) is 14.3 Å². The van der Waals surface area contributed by atoms with E-state index in [1.54, 1.807) is 6.92 Å². The minimum atomic E-state index is -0.412. The van der Waals surface area contributed by atoms with Gasteiger partial charge in [-0.2, -0.15) is 0 Å². The van der Waals surface area contributed by atoms with E-state index < -0.39 is 5.97 Å². The van der Waals surface area contributed by atoms with Crippen molar-refractivity contribution in [2.75, 3.05) is 6.61 Å². The molecule has 0 aromatic heterocycles. The molecule has 0 fully saturated rings. The first-order valence-electron chi connectivity index (χ1n) is 4.75. The van der Waals surface area contributed by atoms with E-state index >= 15 is 0 Å². The van der Waals surface area contributed by atoms with E-state index in [2.05, 4.69) is 5.32 Å². The molecule has 1 N–H and O–H groups in total. The number of hydrogen-bond acceptors (Lipinski definition) is 3. The van der Waals surface area contributed by atoms with Crippen molar-refractivity contribution in [1.29, 1.82) is 0 Å². The molecule has 0 radical (unpaired) electrons. The maximum absolute atomic E-state index is 11.1. The van der Waals surface area contributed by atoms with Crippen molar-refractivity contribution in [1.82, 2.24) is 5.32 Å². The van der Waals surface area contributed by atoms with Crippen LogP contribution in [0.2, 0.25) is 0 Å². The molecule has 14 heavy (non-hydrogen) atoms. The van der Waals surface area contributed by atoms with E-state index in [1.807, 2.05) is 6.92 Å². The maximum atomic E-state index is 11.1. The fourth-order valence-electron chi connectivity index (χ4n) is 0.992. The fraction of sp³-hybridized carbons (Fsp3) is 0.600. The van der Waals surface area contributed by atoms with Gasteiger partial charge >= 0.3 is 5.97 Å². The monoisotopic (exact) mass is 199 g/mol. The lowest BCUT2D eigenvalue weighted by Crippen LogP contribution is -2.20. The van der Waals surface area contributed by atoms with Gasteiger partial charge in [0.15, 0.2) is 0 Å².